The molecule has 0 aliphatic carbocycles. The van der Waals surface area contributed by atoms with Crippen molar-refractivity contribution >= 4 is 11.7 Å². The summed E-state index contributed by atoms with van der Waals surface area (Å²) in [4.78, 5) is 18.3. The van der Waals surface area contributed by atoms with Gasteiger partial charge in [-0.15, -0.1) is 0 Å². The number of nitrogens with one attached hydrogen (secondary N) is 2. The zero-order valence-corrected chi connectivity index (χ0v) is 13.3. The normalized spacial score (nSPS) is 13.1. The third-order valence-corrected chi connectivity index (χ3v) is 3.94. The standard InChI is InChI=1S/C18H19N5O/c19-10-14-6-3-7-21-18(14)22-9-8-20-17(24)13-23-11-15-4-1-2-5-16(15)12-23/h1-7H,8-9,11-13H2,(H,20,24)(H,21,22). The molecule has 0 fully saturated rings. The lowest BCUT2D eigenvalue weighted by molar-refractivity contribution is -0.122. The Hall–Kier alpha value is -2.91. The first kappa shape index (κ1) is 16.0. The van der Waals surface area contributed by atoms with E-state index in [1.807, 2.05) is 12.1 Å². The minimum absolute atomic E-state index is 0.00568. The van der Waals surface area contributed by atoms with Crippen molar-refractivity contribution in [3.8, 4) is 6.07 Å². The van der Waals surface area contributed by atoms with Gasteiger partial charge in [0.25, 0.3) is 0 Å². The number of pyridine rings is 1. The second-order valence-corrected chi connectivity index (χ2v) is 5.70. The second-order valence-electron chi connectivity index (χ2n) is 5.70. The molecule has 1 aliphatic heterocycles. The molecule has 0 spiro atoms. The Morgan fingerprint density at radius 3 is 2.62 bits per heavy atom. The van der Waals surface area contributed by atoms with Gasteiger partial charge in [0.15, 0.2) is 0 Å². The van der Waals surface area contributed by atoms with Crippen molar-refractivity contribution < 1.29 is 4.79 Å². The smallest absolute Gasteiger partial charge is 0.234 e. The monoisotopic (exact) mass is 321 g/mol. The number of carbonyl (C=O) groups excluding carboxylic acids is 1. The van der Waals surface area contributed by atoms with Crippen LogP contribution < -0.4 is 10.6 Å². The predicted octanol–water partition coefficient (Wildman–Crippen LogP) is 1.50. The molecule has 0 unspecified atom stereocenters. The van der Waals surface area contributed by atoms with E-state index in [0.717, 1.165) is 13.1 Å². The molecule has 3 rings (SSSR count). The Labute approximate surface area is 141 Å². The molecule has 6 heteroatoms. The third-order valence-electron chi connectivity index (χ3n) is 3.94. The van der Waals surface area contributed by atoms with Crippen molar-refractivity contribution in [2.45, 2.75) is 13.1 Å². The van der Waals surface area contributed by atoms with Crippen LogP contribution in [0, 0.1) is 11.3 Å². The van der Waals surface area contributed by atoms with Crippen molar-refractivity contribution in [3.05, 3.63) is 59.3 Å². The lowest BCUT2D eigenvalue weighted by atomic mass is 10.1. The van der Waals surface area contributed by atoms with Crippen LogP contribution in [0.2, 0.25) is 0 Å². The van der Waals surface area contributed by atoms with Gasteiger partial charge < -0.3 is 10.6 Å². The van der Waals surface area contributed by atoms with Crippen molar-refractivity contribution in [3.63, 3.8) is 0 Å². The Bertz CT molecular complexity index is 743. The van der Waals surface area contributed by atoms with E-state index < -0.39 is 0 Å². The minimum Gasteiger partial charge on any atom is -0.367 e. The van der Waals surface area contributed by atoms with Crippen LogP contribution in [-0.4, -0.2) is 35.4 Å². The fourth-order valence-corrected chi connectivity index (χ4v) is 2.79. The lowest BCUT2D eigenvalue weighted by Gasteiger charge is -2.14. The summed E-state index contributed by atoms with van der Waals surface area (Å²) in [6, 6.07) is 13.8. The van der Waals surface area contributed by atoms with Gasteiger partial charge in [-0.05, 0) is 23.3 Å². The number of benzene rings is 1. The molecule has 24 heavy (non-hydrogen) atoms. The molecule has 0 bridgehead atoms. The topological polar surface area (TPSA) is 81.0 Å². The first-order valence-electron chi connectivity index (χ1n) is 7.91. The Kier molecular flexibility index (Phi) is 5.04. The van der Waals surface area contributed by atoms with Crippen LogP contribution >= 0.6 is 0 Å². The van der Waals surface area contributed by atoms with Crippen LogP contribution in [-0.2, 0) is 17.9 Å². The minimum atomic E-state index is 0.00568. The maximum Gasteiger partial charge on any atom is 0.234 e. The van der Waals surface area contributed by atoms with Crippen molar-refractivity contribution in [1.82, 2.24) is 15.2 Å². The van der Waals surface area contributed by atoms with E-state index in [9.17, 15) is 4.79 Å². The van der Waals surface area contributed by atoms with Gasteiger partial charge in [0.1, 0.15) is 11.9 Å². The van der Waals surface area contributed by atoms with Crippen LogP contribution in [0.25, 0.3) is 0 Å². The number of carbonyl (C=O) groups is 1. The summed E-state index contributed by atoms with van der Waals surface area (Å²) >= 11 is 0. The first-order valence-corrected chi connectivity index (χ1v) is 7.91. The molecule has 0 atom stereocenters. The number of nitriles is 1. The number of rotatable bonds is 6. The summed E-state index contributed by atoms with van der Waals surface area (Å²) in [6.07, 6.45) is 1.63. The predicted molar refractivity (Wildman–Crippen MR) is 91.0 cm³/mol. The van der Waals surface area contributed by atoms with E-state index >= 15 is 0 Å². The second kappa shape index (κ2) is 7.57. The molecule has 2 aromatic rings. The van der Waals surface area contributed by atoms with Crippen LogP contribution in [0.4, 0.5) is 5.82 Å². The van der Waals surface area contributed by atoms with E-state index in [1.54, 1.807) is 18.3 Å². The summed E-state index contributed by atoms with van der Waals surface area (Å²) in [5.41, 5.74) is 3.09. The molecular weight excluding hydrogens is 302 g/mol. The molecule has 0 saturated heterocycles. The molecule has 1 aliphatic rings. The fourth-order valence-electron chi connectivity index (χ4n) is 2.79. The highest BCUT2D eigenvalue weighted by Crippen LogP contribution is 2.21. The Morgan fingerprint density at radius 1 is 1.17 bits per heavy atom. The summed E-state index contributed by atoms with van der Waals surface area (Å²) in [6.45, 7) is 3.04. The number of amides is 1. The fraction of sp³-hybridized carbons (Fsp3) is 0.278. The third kappa shape index (κ3) is 3.89. The van der Waals surface area contributed by atoms with E-state index in [1.165, 1.54) is 11.1 Å². The van der Waals surface area contributed by atoms with Crippen molar-refractivity contribution in [2.24, 2.45) is 0 Å². The highest BCUT2D eigenvalue weighted by molar-refractivity contribution is 5.78. The number of aromatic nitrogens is 1. The maximum absolute atomic E-state index is 12.0. The molecule has 122 valence electrons. The molecule has 6 nitrogen and oxygen atoms in total. The lowest BCUT2D eigenvalue weighted by Crippen LogP contribution is -2.36. The zero-order valence-electron chi connectivity index (χ0n) is 13.3. The number of fused-ring (bicyclic) bond motifs is 1. The number of anilines is 1. The van der Waals surface area contributed by atoms with Crippen LogP contribution in [0.3, 0.4) is 0 Å². The summed E-state index contributed by atoms with van der Waals surface area (Å²) in [5.74, 6) is 0.551. The summed E-state index contributed by atoms with van der Waals surface area (Å²) < 4.78 is 0. The molecule has 2 N–H and O–H groups in total. The number of hydrogen-bond donors (Lipinski definition) is 2. The molecule has 0 saturated carbocycles. The number of hydrogen-bond acceptors (Lipinski definition) is 5. The largest absolute Gasteiger partial charge is 0.367 e. The van der Waals surface area contributed by atoms with E-state index in [-0.39, 0.29) is 5.91 Å². The van der Waals surface area contributed by atoms with E-state index in [2.05, 4.69) is 38.7 Å². The first-order chi connectivity index (χ1) is 11.8. The maximum atomic E-state index is 12.0. The van der Waals surface area contributed by atoms with Gasteiger partial charge in [-0.3, -0.25) is 9.69 Å². The molecular formula is C18H19N5O. The average molecular weight is 321 g/mol. The summed E-state index contributed by atoms with van der Waals surface area (Å²) in [5, 5.41) is 14.9. The Morgan fingerprint density at radius 2 is 1.92 bits per heavy atom. The average Bonchev–Trinajstić information content (AvgIpc) is 3.01. The van der Waals surface area contributed by atoms with Crippen molar-refractivity contribution in [1.29, 1.82) is 5.26 Å². The summed E-state index contributed by atoms with van der Waals surface area (Å²) in [7, 11) is 0. The molecule has 0 radical (unpaired) electrons. The molecule has 1 aromatic carbocycles. The highest BCUT2D eigenvalue weighted by atomic mass is 16.2. The highest BCUT2D eigenvalue weighted by Gasteiger charge is 2.19. The Balaban J connectivity index is 1.39. The van der Waals surface area contributed by atoms with E-state index in [4.69, 9.17) is 5.26 Å². The van der Waals surface area contributed by atoms with Gasteiger partial charge in [0, 0.05) is 32.4 Å². The quantitative estimate of drug-likeness (QED) is 0.788. The zero-order chi connectivity index (χ0) is 16.8. The number of nitrogens with zero attached hydrogens (tertiary/aromatic N) is 3. The SMILES string of the molecule is N#Cc1cccnc1NCCNC(=O)CN1Cc2ccccc2C1. The van der Waals surface area contributed by atoms with Gasteiger partial charge in [0.2, 0.25) is 5.91 Å². The van der Waals surface area contributed by atoms with E-state index in [0.29, 0.717) is 31.0 Å². The molecule has 2 heterocycles. The van der Waals surface area contributed by atoms with Gasteiger partial charge in [-0.1, -0.05) is 24.3 Å². The van der Waals surface area contributed by atoms with Crippen LogP contribution in [0.5, 0.6) is 0 Å². The van der Waals surface area contributed by atoms with Gasteiger partial charge in [0.05, 0.1) is 12.1 Å². The molecule has 1 aromatic heterocycles. The van der Waals surface area contributed by atoms with Crippen molar-refractivity contribution in [2.75, 3.05) is 25.0 Å². The molecule has 1 amide bonds. The van der Waals surface area contributed by atoms with Crippen LogP contribution in [0.1, 0.15) is 16.7 Å². The van der Waals surface area contributed by atoms with Gasteiger partial charge >= 0.3 is 0 Å². The van der Waals surface area contributed by atoms with Crippen LogP contribution in [0.15, 0.2) is 42.6 Å². The van der Waals surface area contributed by atoms with Gasteiger partial charge in [-0.2, -0.15) is 5.26 Å². The van der Waals surface area contributed by atoms with Gasteiger partial charge in [-0.25, -0.2) is 4.98 Å².